The zero-order valence-corrected chi connectivity index (χ0v) is 13.3. The maximum atomic E-state index is 12.1. The lowest BCUT2D eigenvalue weighted by molar-refractivity contribution is -0.115. The maximum Gasteiger partial charge on any atom is 0.228 e. The van der Waals surface area contributed by atoms with Crippen LogP contribution in [0.1, 0.15) is 30.9 Å². The van der Waals surface area contributed by atoms with E-state index in [1.165, 1.54) is 18.4 Å². The van der Waals surface area contributed by atoms with Gasteiger partial charge in [0.05, 0.1) is 13.5 Å². The van der Waals surface area contributed by atoms with Crippen molar-refractivity contribution in [2.75, 3.05) is 12.4 Å². The average Bonchev–Trinajstić information content (AvgIpc) is 2.54. The van der Waals surface area contributed by atoms with E-state index in [9.17, 15) is 4.79 Å². The highest BCUT2D eigenvalue weighted by Gasteiger charge is 2.08. The van der Waals surface area contributed by atoms with Crippen molar-refractivity contribution in [1.82, 2.24) is 0 Å². The minimum absolute atomic E-state index is 0.0363. The molecule has 0 radical (unpaired) electrons. The van der Waals surface area contributed by atoms with E-state index in [1.807, 2.05) is 36.4 Å². The van der Waals surface area contributed by atoms with Crippen molar-refractivity contribution < 1.29 is 9.53 Å². The van der Waals surface area contributed by atoms with E-state index in [0.717, 1.165) is 23.4 Å². The van der Waals surface area contributed by atoms with Gasteiger partial charge in [-0.2, -0.15) is 0 Å². The summed E-state index contributed by atoms with van der Waals surface area (Å²) in [6.45, 7) is 2.19. The van der Waals surface area contributed by atoms with E-state index < -0.39 is 0 Å². The van der Waals surface area contributed by atoms with Gasteiger partial charge in [-0.15, -0.1) is 0 Å². The summed E-state index contributed by atoms with van der Waals surface area (Å²) < 4.78 is 5.27. The smallest absolute Gasteiger partial charge is 0.228 e. The van der Waals surface area contributed by atoms with Crippen molar-refractivity contribution in [3.8, 4) is 5.75 Å². The molecule has 116 valence electrons. The van der Waals surface area contributed by atoms with Crippen molar-refractivity contribution in [2.24, 2.45) is 0 Å². The second-order valence-corrected chi connectivity index (χ2v) is 5.34. The van der Waals surface area contributed by atoms with E-state index in [-0.39, 0.29) is 5.91 Å². The Labute approximate surface area is 132 Å². The van der Waals surface area contributed by atoms with Gasteiger partial charge >= 0.3 is 0 Å². The molecule has 0 saturated heterocycles. The predicted octanol–water partition coefficient (Wildman–Crippen LogP) is 4.22. The fraction of sp³-hybridized carbons (Fsp3) is 0.316. The standard InChI is InChI=1S/C19H23NO2/c1-3-4-7-15-10-12-17(13-11-15)20-19(21)14-16-8-5-6-9-18(16)22-2/h5-6,8-13H,3-4,7,14H2,1-2H3,(H,20,21). The second kappa shape index (κ2) is 8.23. The number of unbranched alkanes of at least 4 members (excludes halogenated alkanes) is 1. The number of aryl methyl sites for hydroxylation is 1. The summed E-state index contributed by atoms with van der Waals surface area (Å²) in [5, 5.41) is 2.93. The first kappa shape index (κ1) is 16.1. The molecule has 0 aliphatic heterocycles. The van der Waals surface area contributed by atoms with Crippen molar-refractivity contribution in [3.05, 3.63) is 59.7 Å². The van der Waals surface area contributed by atoms with Crippen molar-refractivity contribution in [3.63, 3.8) is 0 Å². The monoisotopic (exact) mass is 297 g/mol. The van der Waals surface area contributed by atoms with Gasteiger partial charge in [-0.25, -0.2) is 0 Å². The molecule has 0 aliphatic carbocycles. The topological polar surface area (TPSA) is 38.3 Å². The van der Waals surface area contributed by atoms with E-state index >= 15 is 0 Å². The van der Waals surface area contributed by atoms with Gasteiger partial charge in [0.1, 0.15) is 5.75 Å². The Balaban J connectivity index is 1.94. The summed E-state index contributed by atoms with van der Waals surface area (Å²) in [5.41, 5.74) is 3.03. The molecular weight excluding hydrogens is 274 g/mol. The van der Waals surface area contributed by atoms with Crippen LogP contribution in [0.2, 0.25) is 0 Å². The Morgan fingerprint density at radius 1 is 1.09 bits per heavy atom. The van der Waals surface area contributed by atoms with Crippen molar-refractivity contribution >= 4 is 11.6 Å². The largest absolute Gasteiger partial charge is 0.496 e. The molecule has 0 aromatic heterocycles. The molecule has 0 saturated carbocycles. The average molecular weight is 297 g/mol. The molecule has 0 unspecified atom stereocenters. The first-order valence-corrected chi connectivity index (χ1v) is 7.73. The minimum atomic E-state index is -0.0363. The number of benzene rings is 2. The van der Waals surface area contributed by atoms with Gasteiger partial charge in [-0.3, -0.25) is 4.79 Å². The number of amides is 1. The van der Waals surface area contributed by atoms with Crippen molar-refractivity contribution in [2.45, 2.75) is 32.6 Å². The molecule has 2 rings (SSSR count). The molecule has 3 heteroatoms. The SMILES string of the molecule is CCCCc1ccc(NC(=O)Cc2ccccc2OC)cc1. The third-order valence-electron chi connectivity index (χ3n) is 3.60. The zero-order chi connectivity index (χ0) is 15.8. The lowest BCUT2D eigenvalue weighted by atomic mass is 10.1. The highest BCUT2D eigenvalue weighted by atomic mass is 16.5. The van der Waals surface area contributed by atoms with Crippen LogP contribution in [0.15, 0.2) is 48.5 Å². The molecule has 2 aromatic rings. The number of hydrogen-bond donors (Lipinski definition) is 1. The predicted molar refractivity (Wildman–Crippen MR) is 90.4 cm³/mol. The Kier molecular flexibility index (Phi) is 6.01. The summed E-state index contributed by atoms with van der Waals surface area (Å²) in [5.74, 6) is 0.707. The summed E-state index contributed by atoms with van der Waals surface area (Å²) in [6, 6.07) is 15.7. The number of rotatable bonds is 7. The van der Waals surface area contributed by atoms with E-state index in [1.54, 1.807) is 7.11 Å². The molecule has 0 fully saturated rings. The Hall–Kier alpha value is -2.29. The highest BCUT2D eigenvalue weighted by molar-refractivity contribution is 5.92. The second-order valence-electron chi connectivity index (χ2n) is 5.34. The number of carbonyl (C=O) groups excluding carboxylic acids is 1. The van der Waals surface area contributed by atoms with E-state index in [2.05, 4.69) is 24.4 Å². The number of nitrogens with one attached hydrogen (secondary N) is 1. The molecule has 0 aliphatic rings. The zero-order valence-electron chi connectivity index (χ0n) is 13.3. The molecular formula is C19H23NO2. The summed E-state index contributed by atoms with van der Waals surface area (Å²) >= 11 is 0. The fourth-order valence-corrected chi connectivity index (χ4v) is 2.36. The Morgan fingerprint density at radius 2 is 1.82 bits per heavy atom. The van der Waals surface area contributed by atoms with Gasteiger partial charge in [0, 0.05) is 11.3 Å². The summed E-state index contributed by atoms with van der Waals surface area (Å²) in [7, 11) is 1.62. The lowest BCUT2D eigenvalue weighted by Crippen LogP contribution is -2.14. The normalized spacial score (nSPS) is 10.3. The van der Waals surface area contributed by atoms with Gasteiger partial charge < -0.3 is 10.1 Å². The first-order valence-electron chi connectivity index (χ1n) is 7.73. The third-order valence-corrected chi connectivity index (χ3v) is 3.60. The maximum absolute atomic E-state index is 12.1. The van der Waals surface area contributed by atoms with Crippen LogP contribution in [0.5, 0.6) is 5.75 Å². The Morgan fingerprint density at radius 3 is 2.50 bits per heavy atom. The van der Waals surface area contributed by atoms with Gasteiger partial charge in [0.25, 0.3) is 0 Å². The molecule has 1 amide bonds. The van der Waals surface area contributed by atoms with Gasteiger partial charge in [0.2, 0.25) is 5.91 Å². The van der Waals surface area contributed by atoms with Crippen LogP contribution in [-0.4, -0.2) is 13.0 Å². The molecule has 2 aromatic carbocycles. The van der Waals surface area contributed by atoms with Crippen LogP contribution in [0, 0.1) is 0 Å². The molecule has 0 bridgehead atoms. The first-order chi connectivity index (χ1) is 10.7. The molecule has 22 heavy (non-hydrogen) atoms. The van der Waals surface area contributed by atoms with E-state index in [4.69, 9.17) is 4.74 Å². The Bertz CT molecular complexity index is 605. The minimum Gasteiger partial charge on any atom is -0.496 e. The number of anilines is 1. The summed E-state index contributed by atoms with van der Waals surface area (Å²) in [6.07, 6.45) is 3.78. The van der Waals surface area contributed by atoms with Crippen LogP contribution in [0.3, 0.4) is 0 Å². The summed E-state index contributed by atoms with van der Waals surface area (Å²) in [4.78, 5) is 12.1. The fourth-order valence-electron chi connectivity index (χ4n) is 2.36. The highest BCUT2D eigenvalue weighted by Crippen LogP contribution is 2.18. The number of para-hydroxylation sites is 1. The number of hydrogen-bond acceptors (Lipinski definition) is 2. The molecule has 0 spiro atoms. The van der Waals surface area contributed by atoms with E-state index in [0.29, 0.717) is 6.42 Å². The molecule has 3 nitrogen and oxygen atoms in total. The molecule has 0 heterocycles. The van der Waals surface area contributed by atoms with Gasteiger partial charge in [-0.1, -0.05) is 43.7 Å². The quantitative estimate of drug-likeness (QED) is 0.831. The molecule has 0 atom stereocenters. The number of carbonyl (C=O) groups is 1. The van der Waals surface area contributed by atoms with Crippen LogP contribution < -0.4 is 10.1 Å². The third kappa shape index (κ3) is 4.62. The van der Waals surface area contributed by atoms with Crippen molar-refractivity contribution in [1.29, 1.82) is 0 Å². The van der Waals surface area contributed by atoms with Crippen LogP contribution in [0.4, 0.5) is 5.69 Å². The van der Waals surface area contributed by atoms with Gasteiger partial charge in [0.15, 0.2) is 0 Å². The number of ether oxygens (including phenoxy) is 1. The van der Waals surface area contributed by atoms with Crippen LogP contribution in [0.25, 0.3) is 0 Å². The molecule has 1 N–H and O–H groups in total. The number of methoxy groups -OCH3 is 1. The van der Waals surface area contributed by atoms with Gasteiger partial charge in [-0.05, 0) is 36.6 Å². The van der Waals surface area contributed by atoms with Crippen LogP contribution >= 0.6 is 0 Å². The lowest BCUT2D eigenvalue weighted by Gasteiger charge is -2.09. The van der Waals surface area contributed by atoms with Crippen LogP contribution in [-0.2, 0) is 17.6 Å².